The fraction of sp³-hybridized carbons (Fsp3) is 0.300. The Morgan fingerprint density at radius 3 is 2.18 bits per heavy atom. The number of amides is 1. The maximum atomic E-state index is 12.9. The molecule has 1 amide bonds. The van der Waals surface area contributed by atoms with E-state index >= 15 is 0 Å². The van der Waals surface area contributed by atoms with Crippen LogP contribution >= 0.6 is 0 Å². The van der Waals surface area contributed by atoms with Gasteiger partial charge in [0.1, 0.15) is 5.82 Å². The van der Waals surface area contributed by atoms with E-state index in [1.165, 1.54) is 21.3 Å². The second-order valence-corrected chi connectivity index (χ2v) is 8.87. The van der Waals surface area contributed by atoms with E-state index in [-0.39, 0.29) is 18.2 Å². The summed E-state index contributed by atoms with van der Waals surface area (Å²) in [6.07, 6.45) is 3.37. The van der Waals surface area contributed by atoms with Crippen LogP contribution in [0.15, 0.2) is 66.7 Å². The number of hydrogen-bond donors (Lipinski definition) is 1. The number of hydrogen-bond acceptors (Lipinski definition) is 6. The minimum Gasteiger partial charge on any atom is -0.493 e. The number of Topliss-reactive ketones (excluding diaryl/α,β-unsaturated/α-hetero) is 1. The van der Waals surface area contributed by atoms with Crippen LogP contribution in [0, 0.1) is 0 Å². The van der Waals surface area contributed by atoms with Gasteiger partial charge in [-0.25, -0.2) is 4.98 Å². The van der Waals surface area contributed by atoms with Crippen molar-refractivity contribution in [1.82, 2.24) is 14.9 Å². The molecule has 0 spiro atoms. The van der Waals surface area contributed by atoms with Crippen LogP contribution in [0.4, 0.5) is 0 Å². The minimum atomic E-state index is -0.203. The highest BCUT2D eigenvalue weighted by molar-refractivity contribution is 5.97. The van der Waals surface area contributed by atoms with Gasteiger partial charge in [-0.15, -0.1) is 0 Å². The van der Waals surface area contributed by atoms with Gasteiger partial charge >= 0.3 is 0 Å². The summed E-state index contributed by atoms with van der Waals surface area (Å²) in [5.74, 6) is 2.08. The number of carbonyl (C=O) groups excluding carboxylic acids is 2. The van der Waals surface area contributed by atoms with Crippen LogP contribution in [-0.2, 0) is 13.0 Å². The second kappa shape index (κ2) is 12.8. The maximum Gasteiger partial charge on any atom is 0.251 e. The Morgan fingerprint density at radius 1 is 0.816 bits per heavy atom. The standard InChI is InChI=1S/C30H33N3O5/c1-36-26-18-22(19-27(37-2)29(26)38-3)30(35)31-17-11-5-8-16-28-32-23-14-9-10-15-24(23)33(28)20-25(34)21-12-6-4-7-13-21/h4,6-7,9-10,12-15,18-19H,5,8,11,16-17,20H2,1-3H3,(H,31,35). The number of nitrogens with zero attached hydrogens (tertiary/aromatic N) is 2. The summed E-state index contributed by atoms with van der Waals surface area (Å²) in [6.45, 7) is 0.795. The molecule has 3 aromatic carbocycles. The molecule has 0 aliphatic heterocycles. The van der Waals surface area contributed by atoms with Gasteiger partial charge in [0.15, 0.2) is 17.3 Å². The SMILES string of the molecule is COc1cc(C(=O)NCCCCCc2nc3ccccc3n2CC(=O)c2ccccc2)cc(OC)c1OC. The summed E-state index contributed by atoms with van der Waals surface area (Å²) >= 11 is 0. The van der Waals surface area contributed by atoms with Crippen LogP contribution in [0.3, 0.4) is 0 Å². The fourth-order valence-corrected chi connectivity index (χ4v) is 4.45. The van der Waals surface area contributed by atoms with Crippen LogP contribution < -0.4 is 19.5 Å². The van der Waals surface area contributed by atoms with Gasteiger partial charge < -0.3 is 24.1 Å². The number of fused-ring (bicyclic) bond motifs is 1. The van der Waals surface area contributed by atoms with Crippen LogP contribution in [0.2, 0.25) is 0 Å². The number of unbranched alkanes of at least 4 members (excludes halogenated alkanes) is 2. The lowest BCUT2D eigenvalue weighted by Crippen LogP contribution is -2.24. The Bertz CT molecular complexity index is 1370. The first-order valence-corrected chi connectivity index (χ1v) is 12.7. The summed E-state index contributed by atoms with van der Waals surface area (Å²) in [5.41, 5.74) is 2.99. The lowest BCUT2D eigenvalue weighted by Gasteiger charge is -2.14. The summed E-state index contributed by atoms with van der Waals surface area (Å²) in [6, 6.07) is 20.5. The number of aromatic nitrogens is 2. The van der Waals surface area contributed by atoms with Crippen molar-refractivity contribution in [2.24, 2.45) is 0 Å². The highest BCUT2D eigenvalue weighted by atomic mass is 16.5. The molecule has 0 aliphatic carbocycles. The van der Waals surface area contributed by atoms with E-state index in [0.717, 1.165) is 42.5 Å². The van der Waals surface area contributed by atoms with Gasteiger partial charge in [-0.3, -0.25) is 9.59 Å². The van der Waals surface area contributed by atoms with Crippen molar-refractivity contribution >= 4 is 22.7 Å². The minimum absolute atomic E-state index is 0.0597. The van der Waals surface area contributed by atoms with Gasteiger partial charge in [0.05, 0.1) is 38.9 Å². The van der Waals surface area contributed by atoms with Crippen molar-refractivity contribution in [3.8, 4) is 17.2 Å². The normalized spacial score (nSPS) is 10.8. The number of ketones is 1. The van der Waals surface area contributed by atoms with E-state index in [2.05, 4.69) is 5.32 Å². The summed E-state index contributed by atoms with van der Waals surface area (Å²) in [5, 5.41) is 2.96. The highest BCUT2D eigenvalue weighted by Crippen LogP contribution is 2.38. The molecule has 0 aliphatic rings. The molecular weight excluding hydrogens is 482 g/mol. The maximum absolute atomic E-state index is 12.9. The molecule has 0 radical (unpaired) electrons. The summed E-state index contributed by atoms with van der Waals surface area (Å²) < 4.78 is 18.0. The Labute approximate surface area is 222 Å². The molecule has 38 heavy (non-hydrogen) atoms. The van der Waals surface area contributed by atoms with E-state index in [4.69, 9.17) is 19.2 Å². The van der Waals surface area contributed by atoms with Crippen molar-refractivity contribution < 1.29 is 23.8 Å². The molecule has 8 nitrogen and oxygen atoms in total. The summed E-state index contributed by atoms with van der Waals surface area (Å²) in [7, 11) is 4.56. The number of imidazole rings is 1. The number of nitrogens with one attached hydrogen (secondary N) is 1. The van der Waals surface area contributed by atoms with Crippen LogP contribution in [0.1, 0.15) is 45.8 Å². The molecule has 0 saturated heterocycles. The van der Waals surface area contributed by atoms with E-state index in [1.54, 1.807) is 12.1 Å². The lowest BCUT2D eigenvalue weighted by molar-refractivity contribution is 0.0949. The molecule has 1 heterocycles. The highest BCUT2D eigenvalue weighted by Gasteiger charge is 2.17. The molecule has 0 unspecified atom stereocenters. The molecular formula is C30H33N3O5. The molecule has 0 atom stereocenters. The number of para-hydroxylation sites is 2. The van der Waals surface area contributed by atoms with E-state index in [9.17, 15) is 9.59 Å². The van der Waals surface area contributed by atoms with Crippen LogP contribution in [0.25, 0.3) is 11.0 Å². The molecule has 8 heteroatoms. The van der Waals surface area contributed by atoms with Gasteiger partial charge in [-0.2, -0.15) is 0 Å². The quantitative estimate of drug-likeness (QED) is 0.197. The van der Waals surface area contributed by atoms with Crippen molar-refractivity contribution in [1.29, 1.82) is 0 Å². The average Bonchev–Trinajstić information content (AvgIpc) is 3.31. The molecule has 198 valence electrons. The molecule has 4 rings (SSSR count). The molecule has 0 fully saturated rings. The van der Waals surface area contributed by atoms with E-state index in [1.807, 2.05) is 59.2 Å². The third-order valence-corrected chi connectivity index (χ3v) is 6.42. The smallest absolute Gasteiger partial charge is 0.251 e. The van der Waals surface area contributed by atoms with E-state index < -0.39 is 0 Å². The Kier molecular flexibility index (Phi) is 8.98. The van der Waals surface area contributed by atoms with Gasteiger partial charge in [0, 0.05) is 24.1 Å². The number of rotatable bonds is 13. The van der Waals surface area contributed by atoms with Gasteiger partial charge in [0.2, 0.25) is 5.75 Å². The van der Waals surface area contributed by atoms with Gasteiger partial charge in [-0.05, 0) is 37.1 Å². The van der Waals surface area contributed by atoms with Crippen molar-refractivity contribution in [3.05, 3.63) is 83.7 Å². The first-order valence-electron chi connectivity index (χ1n) is 12.7. The molecule has 4 aromatic rings. The van der Waals surface area contributed by atoms with Crippen molar-refractivity contribution in [2.75, 3.05) is 27.9 Å². The largest absolute Gasteiger partial charge is 0.493 e. The zero-order chi connectivity index (χ0) is 26.9. The fourth-order valence-electron chi connectivity index (χ4n) is 4.45. The first-order chi connectivity index (χ1) is 18.5. The Hall–Kier alpha value is -4.33. The predicted molar refractivity (Wildman–Crippen MR) is 146 cm³/mol. The Balaban J connectivity index is 1.32. The summed E-state index contributed by atoms with van der Waals surface area (Å²) in [4.78, 5) is 30.4. The first kappa shape index (κ1) is 26.7. The third-order valence-electron chi connectivity index (χ3n) is 6.42. The van der Waals surface area contributed by atoms with Crippen LogP contribution in [0.5, 0.6) is 17.2 Å². The van der Waals surface area contributed by atoms with Gasteiger partial charge in [0.25, 0.3) is 5.91 Å². The van der Waals surface area contributed by atoms with Crippen LogP contribution in [-0.4, -0.2) is 49.1 Å². The molecule has 0 bridgehead atoms. The number of ether oxygens (including phenoxy) is 3. The molecule has 1 aromatic heterocycles. The number of benzene rings is 3. The number of carbonyl (C=O) groups is 2. The second-order valence-electron chi connectivity index (χ2n) is 8.87. The number of aryl methyl sites for hydroxylation is 1. The monoisotopic (exact) mass is 515 g/mol. The third kappa shape index (κ3) is 6.14. The van der Waals surface area contributed by atoms with Gasteiger partial charge in [-0.1, -0.05) is 48.9 Å². The molecule has 0 saturated carbocycles. The van der Waals surface area contributed by atoms with Crippen molar-refractivity contribution in [2.45, 2.75) is 32.2 Å². The lowest BCUT2D eigenvalue weighted by atomic mass is 10.1. The average molecular weight is 516 g/mol. The zero-order valence-electron chi connectivity index (χ0n) is 22.0. The predicted octanol–water partition coefficient (Wildman–Crippen LogP) is 5.09. The molecule has 1 N–H and O–H groups in total. The van der Waals surface area contributed by atoms with E-state index in [0.29, 0.717) is 34.9 Å². The number of methoxy groups -OCH3 is 3. The van der Waals surface area contributed by atoms with Crippen molar-refractivity contribution in [3.63, 3.8) is 0 Å². The topological polar surface area (TPSA) is 91.7 Å². The Morgan fingerprint density at radius 2 is 1.50 bits per heavy atom. The zero-order valence-corrected chi connectivity index (χ0v) is 22.0.